The maximum Gasteiger partial charge on any atom is 0.336 e. The number of fused-ring (bicyclic) bond motifs is 1. The molecule has 0 spiro atoms. The van der Waals surface area contributed by atoms with Crippen molar-refractivity contribution in [1.29, 1.82) is 5.26 Å². The molecule has 0 saturated heterocycles. The third-order valence-electron chi connectivity index (χ3n) is 2.04. The Balaban J connectivity index is 2.90. The highest BCUT2D eigenvalue weighted by Gasteiger charge is 2.04. The Kier molecular flexibility index (Phi) is 2.00. The number of nitriles is 1. The van der Waals surface area contributed by atoms with E-state index in [-0.39, 0.29) is 0 Å². The molecule has 0 bridgehead atoms. The van der Waals surface area contributed by atoms with Crippen molar-refractivity contribution < 1.29 is 4.42 Å². The van der Waals surface area contributed by atoms with Crippen molar-refractivity contribution in [2.45, 2.75) is 0 Å². The van der Waals surface area contributed by atoms with Gasteiger partial charge in [0.25, 0.3) is 0 Å². The van der Waals surface area contributed by atoms with E-state index < -0.39 is 5.63 Å². The van der Waals surface area contributed by atoms with Crippen molar-refractivity contribution in [2.24, 2.45) is 0 Å². The first-order valence-corrected chi connectivity index (χ1v) is 4.19. The van der Waals surface area contributed by atoms with Crippen molar-refractivity contribution in [3.05, 3.63) is 45.8 Å². The van der Waals surface area contributed by atoms with Crippen LogP contribution in [0.1, 0.15) is 11.1 Å². The minimum absolute atomic E-state index is 0.398. The van der Waals surface area contributed by atoms with Crippen molar-refractivity contribution >= 4 is 11.0 Å². The summed E-state index contributed by atoms with van der Waals surface area (Å²) in [6.45, 7) is 0. The smallest absolute Gasteiger partial charge is 0.336 e. The molecule has 0 aliphatic carbocycles. The highest BCUT2D eigenvalue weighted by molar-refractivity contribution is 5.80. The summed E-state index contributed by atoms with van der Waals surface area (Å²) in [6, 6.07) is 8.02. The number of terminal acetylenes is 1. The van der Waals surface area contributed by atoms with Gasteiger partial charge in [0.2, 0.25) is 0 Å². The molecule has 0 aliphatic heterocycles. The van der Waals surface area contributed by atoms with Crippen LogP contribution in [0.4, 0.5) is 0 Å². The lowest BCUT2D eigenvalue weighted by Gasteiger charge is -1.98. The Morgan fingerprint density at radius 2 is 2.07 bits per heavy atom. The van der Waals surface area contributed by atoms with Gasteiger partial charge >= 0.3 is 5.63 Å². The number of nitrogens with zero attached hydrogens (tertiary/aromatic N) is 1. The van der Waals surface area contributed by atoms with Gasteiger partial charge in [0.15, 0.2) is 0 Å². The minimum atomic E-state index is -0.435. The molecule has 15 heavy (non-hydrogen) atoms. The molecule has 3 nitrogen and oxygen atoms in total. The zero-order valence-electron chi connectivity index (χ0n) is 7.65. The van der Waals surface area contributed by atoms with Crippen LogP contribution >= 0.6 is 0 Å². The van der Waals surface area contributed by atoms with E-state index in [2.05, 4.69) is 5.92 Å². The molecule has 1 heterocycles. The van der Waals surface area contributed by atoms with Crippen LogP contribution in [0.5, 0.6) is 0 Å². The van der Waals surface area contributed by atoms with Crippen molar-refractivity contribution in [2.75, 3.05) is 0 Å². The fourth-order valence-corrected chi connectivity index (χ4v) is 1.33. The standard InChI is InChI=1S/C12H5NO2/c1-2-8-6-11-9(5-10(8)7-13)3-4-12(14)15-11/h1,3-6H. The highest BCUT2D eigenvalue weighted by atomic mass is 16.4. The Labute approximate surface area is 85.6 Å². The summed E-state index contributed by atoms with van der Waals surface area (Å²) in [6.07, 6.45) is 5.23. The number of hydrogen-bond acceptors (Lipinski definition) is 3. The molecule has 0 saturated carbocycles. The predicted octanol–water partition coefficient (Wildman–Crippen LogP) is 1.65. The molecule has 0 N–H and O–H groups in total. The van der Waals surface area contributed by atoms with Gasteiger partial charge in [-0.15, -0.1) is 6.42 Å². The van der Waals surface area contributed by atoms with Crippen molar-refractivity contribution in [3.63, 3.8) is 0 Å². The molecule has 0 aliphatic rings. The van der Waals surface area contributed by atoms with E-state index >= 15 is 0 Å². The van der Waals surface area contributed by atoms with Crippen LogP contribution in [0.3, 0.4) is 0 Å². The molecule has 70 valence electrons. The lowest BCUT2D eigenvalue weighted by atomic mass is 10.1. The molecule has 0 atom stereocenters. The van der Waals surface area contributed by atoms with Gasteiger partial charge in [-0.3, -0.25) is 0 Å². The number of rotatable bonds is 0. The lowest BCUT2D eigenvalue weighted by molar-refractivity contribution is 0.561. The van der Waals surface area contributed by atoms with E-state index in [0.717, 1.165) is 0 Å². The van der Waals surface area contributed by atoms with Gasteiger partial charge in [-0.1, -0.05) is 5.92 Å². The SMILES string of the molecule is C#Cc1cc2oc(=O)ccc2cc1C#N. The molecule has 0 amide bonds. The fraction of sp³-hybridized carbons (Fsp3) is 0. The second-order valence-corrected chi connectivity index (χ2v) is 2.95. The van der Waals surface area contributed by atoms with E-state index in [9.17, 15) is 4.79 Å². The zero-order valence-corrected chi connectivity index (χ0v) is 7.65. The molecular weight excluding hydrogens is 190 g/mol. The summed E-state index contributed by atoms with van der Waals surface area (Å²) in [5, 5.41) is 9.51. The molecule has 1 aromatic carbocycles. The maximum atomic E-state index is 11.0. The Morgan fingerprint density at radius 1 is 1.27 bits per heavy atom. The number of hydrogen-bond donors (Lipinski definition) is 0. The van der Waals surface area contributed by atoms with E-state index in [4.69, 9.17) is 16.1 Å². The van der Waals surface area contributed by atoms with Crippen LogP contribution in [-0.4, -0.2) is 0 Å². The summed E-state index contributed by atoms with van der Waals surface area (Å²) in [4.78, 5) is 11.0. The van der Waals surface area contributed by atoms with Gasteiger partial charge in [-0.2, -0.15) is 5.26 Å². The average Bonchev–Trinajstić information content (AvgIpc) is 2.27. The fourth-order valence-electron chi connectivity index (χ4n) is 1.33. The van der Waals surface area contributed by atoms with Crippen molar-refractivity contribution in [1.82, 2.24) is 0 Å². The van der Waals surface area contributed by atoms with Crippen LogP contribution in [0.25, 0.3) is 11.0 Å². The average molecular weight is 195 g/mol. The number of benzene rings is 1. The zero-order chi connectivity index (χ0) is 10.8. The second kappa shape index (κ2) is 3.32. The van der Waals surface area contributed by atoms with Gasteiger partial charge in [-0.25, -0.2) is 4.79 Å². The minimum Gasteiger partial charge on any atom is -0.423 e. The van der Waals surface area contributed by atoms with E-state index in [1.807, 2.05) is 6.07 Å². The largest absolute Gasteiger partial charge is 0.423 e. The first-order chi connectivity index (χ1) is 7.24. The monoisotopic (exact) mass is 195 g/mol. The first-order valence-electron chi connectivity index (χ1n) is 4.19. The molecule has 0 unspecified atom stereocenters. The van der Waals surface area contributed by atoms with Gasteiger partial charge < -0.3 is 4.42 Å². The second-order valence-electron chi connectivity index (χ2n) is 2.95. The van der Waals surface area contributed by atoms with E-state index in [1.165, 1.54) is 12.1 Å². The van der Waals surface area contributed by atoms with Gasteiger partial charge in [0.05, 0.1) is 5.56 Å². The quantitative estimate of drug-likeness (QED) is 0.474. The Hall–Kier alpha value is -2.52. The van der Waals surface area contributed by atoms with E-state index in [1.54, 1.807) is 12.1 Å². The summed E-state index contributed by atoms with van der Waals surface area (Å²) >= 11 is 0. The Morgan fingerprint density at radius 3 is 2.73 bits per heavy atom. The van der Waals surface area contributed by atoms with Crippen LogP contribution in [0.15, 0.2) is 33.5 Å². The normalized spacial score (nSPS) is 9.47. The predicted molar refractivity (Wildman–Crippen MR) is 55.1 cm³/mol. The summed E-state index contributed by atoms with van der Waals surface area (Å²) < 4.78 is 4.94. The molecule has 2 rings (SSSR count). The van der Waals surface area contributed by atoms with Crippen LogP contribution in [0.2, 0.25) is 0 Å². The van der Waals surface area contributed by atoms with Gasteiger partial charge in [0, 0.05) is 17.0 Å². The highest BCUT2D eigenvalue weighted by Crippen LogP contribution is 2.17. The van der Waals surface area contributed by atoms with Crippen LogP contribution in [0, 0.1) is 23.7 Å². The van der Waals surface area contributed by atoms with Crippen LogP contribution < -0.4 is 5.63 Å². The summed E-state index contributed by atoms with van der Waals surface area (Å²) in [5.41, 5.74) is 0.794. The molecular formula is C12H5NO2. The first kappa shape index (κ1) is 9.05. The molecule has 2 aromatic rings. The van der Waals surface area contributed by atoms with E-state index in [0.29, 0.717) is 22.1 Å². The molecule has 1 aromatic heterocycles. The topological polar surface area (TPSA) is 54.0 Å². The summed E-state index contributed by atoms with van der Waals surface area (Å²) in [5.74, 6) is 2.37. The van der Waals surface area contributed by atoms with Crippen molar-refractivity contribution in [3.8, 4) is 18.4 Å². The van der Waals surface area contributed by atoms with Gasteiger partial charge in [-0.05, 0) is 18.2 Å². The van der Waals surface area contributed by atoms with Gasteiger partial charge in [0.1, 0.15) is 11.7 Å². The Bertz CT molecular complexity index is 669. The third kappa shape index (κ3) is 1.47. The third-order valence-corrected chi connectivity index (χ3v) is 2.04. The lowest BCUT2D eigenvalue weighted by Crippen LogP contribution is -1.95. The summed E-state index contributed by atoms with van der Waals surface area (Å²) in [7, 11) is 0. The molecule has 0 fully saturated rings. The maximum absolute atomic E-state index is 11.0. The molecule has 3 heteroatoms. The van der Waals surface area contributed by atoms with Crippen LogP contribution in [-0.2, 0) is 0 Å². The molecule has 0 radical (unpaired) electrons.